The summed E-state index contributed by atoms with van der Waals surface area (Å²) in [6, 6.07) is 0. The van der Waals surface area contributed by atoms with Crippen LogP contribution in [0.4, 0.5) is 0 Å². The minimum absolute atomic E-state index is 0.0896. The van der Waals surface area contributed by atoms with E-state index in [9.17, 15) is 0 Å². The van der Waals surface area contributed by atoms with Crippen molar-refractivity contribution in [1.29, 1.82) is 0 Å². The molecule has 3 heteroatoms. The lowest BCUT2D eigenvalue weighted by Crippen LogP contribution is -2.41. The van der Waals surface area contributed by atoms with Gasteiger partial charge in [0.05, 0.1) is 0 Å². The molecule has 0 fully saturated rings. The molecule has 0 bridgehead atoms. The van der Waals surface area contributed by atoms with E-state index in [1.54, 1.807) is 0 Å². The summed E-state index contributed by atoms with van der Waals surface area (Å²) < 4.78 is 11.4. The number of hydrogen-bond acceptors (Lipinski definition) is 3. The van der Waals surface area contributed by atoms with Crippen LogP contribution >= 0.6 is 0 Å². The number of rotatable bonds is 10. The van der Waals surface area contributed by atoms with Crippen LogP contribution in [-0.2, 0) is 9.47 Å². The van der Waals surface area contributed by atoms with Gasteiger partial charge >= 0.3 is 0 Å². The Balaban J connectivity index is 4.10. The SMILES string of the molecule is CC[CH]N(C(C)OCCC)C(C)OCCC. The lowest BCUT2D eigenvalue weighted by Gasteiger charge is -2.33. The maximum absolute atomic E-state index is 5.72. The fraction of sp³-hybridized carbons (Fsp3) is 0.923. The lowest BCUT2D eigenvalue weighted by molar-refractivity contribution is -0.126. The molecule has 0 rings (SSSR count). The molecule has 3 nitrogen and oxygen atoms in total. The smallest absolute Gasteiger partial charge is 0.110 e. The van der Waals surface area contributed by atoms with E-state index in [2.05, 4.69) is 46.1 Å². The second-order valence-corrected chi connectivity index (χ2v) is 3.98. The van der Waals surface area contributed by atoms with Gasteiger partial charge in [-0.25, -0.2) is 4.90 Å². The average Bonchev–Trinajstić information content (AvgIpc) is 2.29. The molecule has 0 aromatic carbocycles. The van der Waals surface area contributed by atoms with E-state index in [4.69, 9.17) is 9.47 Å². The van der Waals surface area contributed by atoms with Crippen LogP contribution in [0.3, 0.4) is 0 Å². The summed E-state index contributed by atoms with van der Waals surface area (Å²) in [7, 11) is 0. The minimum Gasteiger partial charge on any atom is -0.363 e. The van der Waals surface area contributed by atoms with Crippen molar-refractivity contribution in [3.05, 3.63) is 6.54 Å². The second kappa shape index (κ2) is 10.1. The topological polar surface area (TPSA) is 21.7 Å². The minimum atomic E-state index is 0.0896. The zero-order valence-corrected chi connectivity index (χ0v) is 11.5. The zero-order valence-electron chi connectivity index (χ0n) is 11.5. The Hall–Kier alpha value is -0.120. The van der Waals surface area contributed by atoms with Gasteiger partial charge in [0.15, 0.2) is 0 Å². The molecule has 0 N–H and O–H groups in total. The summed E-state index contributed by atoms with van der Waals surface area (Å²) in [5.74, 6) is 0. The fourth-order valence-electron chi connectivity index (χ4n) is 1.55. The van der Waals surface area contributed by atoms with Gasteiger partial charge in [-0.2, -0.15) is 0 Å². The monoisotopic (exact) mass is 230 g/mol. The highest BCUT2D eigenvalue weighted by atomic mass is 16.5. The van der Waals surface area contributed by atoms with Crippen LogP contribution in [0.15, 0.2) is 0 Å². The summed E-state index contributed by atoms with van der Waals surface area (Å²) in [4.78, 5) is 2.16. The predicted molar refractivity (Wildman–Crippen MR) is 67.8 cm³/mol. The van der Waals surface area contributed by atoms with Crippen molar-refractivity contribution in [3.8, 4) is 0 Å². The highest BCUT2D eigenvalue weighted by molar-refractivity contribution is 4.70. The zero-order chi connectivity index (χ0) is 12.4. The lowest BCUT2D eigenvalue weighted by atomic mass is 10.3. The van der Waals surface area contributed by atoms with E-state index in [-0.39, 0.29) is 12.5 Å². The molecular formula is C13H28NO2. The van der Waals surface area contributed by atoms with Gasteiger partial charge in [0.25, 0.3) is 0 Å². The van der Waals surface area contributed by atoms with Gasteiger partial charge in [-0.1, -0.05) is 20.8 Å². The predicted octanol–water partition coefficient (Wildman–Crippen LogP) is 3.41. The molecule has 0 aliphatic rings. The Morgan fingerprint density at radius 2 is 1.38 bits per heavy atom. The second-order valence-electron chi connectivity index (χ2n) is 3.98. The van der Waals surface area contributed by atoms with Crippen LogP contribution in [0.1, 0.15) is 53.9 Å². The van der Waals surface area contributed by atoms with E-state index in [1.807, 2.05) is 0 Å². The first-order valence-electron chi connectivity index (χ1n) is 6.51. The molecule has 0 aliphatic carbocycles. The van der Waals surface area contributed by atoms with Crippen molar-refractivity contribution < 1.29 is 9.47 Å². The Morgan fingerprint density at radius 3 is 1.69 bits per heavy atom. The molecule has 0 aliphatic heterocycles. The summed E-state index contributed by atoms with van der Waals surface area (Å²) in [5.41, 5.74) is 0. The normalized spacial score (nSPS) is 15.4. The van der Waals surface area contributed by atoms with Gasteiger partial charge in [0, 0.05) is 19.8 Å². The first-order chi connectivity index (χ1) is 7.67. The van der Waals surface area contributed by atoms with Crippen LogP contribution in [0.25, 0.3) is 0 Å². The van der Waals surface area contributed by atoms with E-state index < -0.39 is 0 Å². The number of ether oxygens (including phenoxy) is 2. The van der Waals surface area contributed by atoms with Gasteiger partial charge in [-0.3, -0.25) is 0 Å². The Labute approximate surface area is 101 Å². The molecule has 0 saturated carbocycles. The molecule has 0 amide bonds. The first-order valence-corrected chi connectivity index (χ1v) is 6.51. The summed E-state index contributed by atoms with van der Waals surface area (Å²) >= 11 is 0. The van der Waals surface area contributed by atoms with Crippen molar-refractivity contribution in [2.75, 3.05) is 13.2 Å². The van der Waals surface area contributed by atoms with Crippen LogP contribution in [-0.4, -0.2) is 30.6 Å². The van der Waals surface area contributed by atoms with Crippen LogP contribution in [0, 0.1) is 6.54 Å². The van der Waals surface area contributed by atoms with E-state index in [1.165, 1.54) is 0 Å². The quantitative estimate of drug-likeness (QED) is 0.537. The molecule has 0 heterocycles. The van der Waals surface area contributed by atoms with Crippen molar-refractivity contribution in [2.45, 2.75) is 66.3 Å². The van der Waals surface area contributed by atoms with E-state index >= 15 is 0 Å². The first kappa shape index (κ1) is 15.9. The van der Waals surface area contributed by atoms with Gasteiger partial charge < -0.3 is 9.47 Å². The largest absolute Gasteiger partial charge is 0.363 e. The number of nitrogens with zero attached hydrogens (tertiary/aromatic N) is 1. The molecule has 16 heavy (non-hydrogen) atoms. The summed E-state index contributed by atoms with van der Waals surface area (Å²) in [6.45, 7) is 14.3. The van der Waals surface area contributed by atoms with Gasteiger partial charge in [0.2, 0.25) is 0 Å². The van der Waals surface area contributed by atoms with E-state index in [0.29, 0.717) is 0 Å². The molecule has 2 unspecified atom stereocenters. The standard InChI is InChI=1S/C13H28NO2/c1-6-9-14(12(4)15-10-7-2)13(5)16-11-8-3/h9,12-13H,6-8,10-11H2,1-5H3. The highest BCUT2D eigenvalue weighted by Crippen LogP contribution is 2.13. The van der Waals surface area contributed by atoms with Crippen LogP contribution in [0.2, 0.25) is 0 Å². The molecule has 0 aromatic rings. The van der Waals surface area contributed by atoms with Crippen LogP contribution in [0.5, 0.6) is 0 Å². The van der Waals surface area contributed by atoms with Crippen molar-refractivity contribution >= 4 is 0 Å². The van der Waals surface area contributed by atoms with Gasteiger partial charge in [0.1, 0.15) is 12.5 Å². The fourth-order valence-corrected chi connectivity index (χ4v) is 1.55. The summed E-state index contributed by atoms with van der Waals surface area (Å²) in [5, 5.41) is 0. The Kier molecular flexibility index (Phi) is 9.99. The molecule has 0 saturated heterocycles. The molecule has 97 valence electrons. The number of hydrogen-bond donors (Lipinski definition) is 0. The Morgan fingerprint density at radius 1 is 0.938 bits per heavy atom. The summed E-state index contributed by atoms with van der Waals surface area (Å²) in [6.07, 6.45) is 3.28. The van der Waals surface area contributed by atoms with Gasteiger partial charge in [-0.05, 0) is 33.1 Å². The van der Waals surface area contributed by atoms with Crippen molar-refractivity contribution in [1.82, 2.24) is 4.90 Å². The highest BCUT2D eigenvalue weighted by Gasteiger charge is 2.20. The van der Waals surface area contributed by atoms with Crippen LogP contribution < -0.4 is 0 Å². The average molecular weight is 230 g/mol. The maximum Gasteiger partial charge on any atom is 0.110 e. The third-order valence-electron chi connectivity index (χ3n) is 2.36. The Bertz CT molecular complexity index is 139. The van der Waals surface area contributed by atoms with E-state index in [0.717, 1.165) is 32.5 Å². The molecule has 0 aromatic heterocycles. The van der Waals surface area contributed by atoms with Crippen molar-refractivity contribution in [2.24, 2.45) is 0 Å². The third kappa shape index (κ3) is 6.46. The molecular weight excluding hydrogens is 202 g/mol. The van der Waals surface area contributed by atoms with Gasteiger partial charge in [-0.15, -0.1) is 0 Å². The molecule has 0 spiro atoms. The van der Waals surface area contributed by atoms with Crippen molar-refractivity contribution in [3.63, 3.8) is 0 Å². The maximum atomic E-state index is 5.72. The molecule has 1 radical (unpaired) electrons. The third-order valence-corrected chi connectivity index (χ3v) is 2.36. The molecule has 2 atom stereocenters.